The lowest BCUT2D eigenvalue weighted by Crippen LogP contribution is -2.35. The van der Waals surface area contributed by atoms with E-state index in [1.807, 2.05) is 24.3 Å². The third-order valence-electron chi connectivity index (χ3n) is 3.57. The number of hydrogen-bond acceptors (Lipinski definition) is 4. The zero-order chi connectivity index (χ0) is 14.6. The molecule has 2 unspecified atom stereocenters. The molecule has 4 nitrogen and oxygen atoms in total. The summed E-state index contributed by atoms with van der Waals surface area (Å²) < 4.78 is 26.8. The zero-order valence-corrected chi connectivity index (χ0v) is 13.3. The number of hydrogen-bond donors (Lipinski definition) is 2. The van der Waals surface area contributed by atoms with Crippen molar-refractivity contribution in [1.29, 1.82) is 0 Å². The summed E-state index contributed by atoms with van der Waals surface area (Å²) in [5.41, 5.74) is 6.53. The van der Waals surface area contributed by atoms with Crippen molar-refractivity contribution < 1.29 is 8.42 Å². The van der Waals surface area contributed by atoms with Gasteiger partial charge in [0.05, 0.1) is 5.75 Å². The van der Waals surface area contributed by atoms with Crippen molar-refractivity contribution in [2.75, 3.05) is 17.2 Å². The van der Waals surface area contributed by atoms with Crippen LogP contribution in [0.1, 0.15) is 26.2 Å². The Morgan fingerprint density at radius 2 is 2.10 bits per heavy atom. The van der Waals surface area contributed by atoms with Crippen LogP contribution >= 0.6 is 11.8 Å². The quantitative estimate of drug-likeness (QED) is 0.625. The van der Waals surface area contributed by atoms with Gasteiger partial charge in [0.25, 0.3) is 0 Å². The number of rotatable bonds is 6. The van der Waals surface area contributed by atoms with E-state index in [9.17, 15) is 8.42 Å². The van der Waals surface area contributed by atoms with Crippen LogP contribution in [0.4, 0.5) is 5.69 Å². The first kappa shape index (κ1) is 15.7. The van der Waals surface area contributed by atoms with Gasteiger partial charge in [-0.15, -0.1) is 11.8 Å². The molecule has 3 N–H and O–H groups in total. The number of nitrogens with one attached hydrogen (secondary N) is 1. The second kappa shape index (κ2) is 6.83. The molecule has 1 aliphatic carbocycles. The van der Waals surface area contributed by atoms with Gasteiger partial charge in [-0.25, -0.2) is 13.1 Å². The van der Waals surface area contributed by atoms with Crippen LogP contribution in [0.5, 0.6) is 0 Å². The number of para-hydroxylation sites is 1. The minimum atomic E-state index is -3.18. The molecule has 1 aromatic carbocycles. The van der Waals surface area contributed by atoms with Crippen LogP contribution in [0.15, 0.2) is 29.2 Å². The zero-order valence-electron chi connectivity index (χ0n) is 11.7. The molecule has 2 rings (SSSR count). The summed E-state index contributed by atoms with van der Waals surface area (Å²) in [6.07, 6.45) is 3.03. The van der Waals surface area contributed by atoms with Gasteiger partial charge in [-0.3, -0.25) is 0 Å². The summed E-state index contributed by atoms with van der Waals surface area (Å²) in [4.78, 5) is 0.942. The van der Waals surface area contributed by atoms with Crippen LogP contribution in [0.2, 0.25) is 0 Å². The number of nitrogen functional groups attached to an aromatic ring is 1. The minimum Gasteiger partial charge on any atom is -0.398 e. The fourth-order valence-corrected chi connectivity index (χ4v) is 5.18. The molecule has 0 aliphatic heterocycles. The highest BCUT2D eigenvalue weighted by molar-refractivity contribution is 8.00. The van der Waals surface area contributed by atoms with Crippen molar-refractivity contribution in [2.45, 2.75) is 37.1 Å². The summed E-state index contributed by atoms with van der Waals surface area (Å²) in [7, 11) is -3.18. The van der Waals surface area contributed by atoms with Crippen LogP contribution < -0.4 is 10.5 Å². The maximum Gasteiger partial charge on any atom is 0.212 e. The van der Waals surface area contributed by atoms with E-state index in [-0.39, 0.29) is 11.8 Å². The molecule has 0 heterocycles. The first-order valence-corrected chi connectivity index (χ1v) is 9.57. The van der Waals surface area contributed by atoms with Crippen molar-refractivity contribution in [3.8, 4) is 0 Å². The van der Waals surface area contributed by atoms with Gasteiger partial charge in [-0.2, -0.15) is 0 Å². The van der Waals surface area contributed by atoms with Crippen LogP contribution in [0.25, 0.3) is 0 Å². The molecule has 0 bridgehead atoms. The lowest BCUT2D eigenvalue weighted by molar-refractivity contribution is 0.539. The van der Waals surface area contributed by atoms with E-state index in [0.29, 0.717) is 17.4 Å². The second-order valence-electron chi connectivity index (χ2n) is 5.44. The van der Waals surface area contributed by atoms with Crippen LogP contribution in [-0.2, 0) is 10.0 Å². The first-order chi connectivity index (χ1) is 9.46. The fourth-order valence-electron chi connectivity index (χ4n) is 2.50. The van der Waals surface area contributed by atoms with E-state index in [2.05, 4.69) is 11.6 Å². The molecule has 0 spiro atoms. The first-order valence-electron chi connectivity index (χ1n) is 6.93. The third-order valence-corrected chi connectivity index (χ3v) is 6.35. The SMILES string of the molecule is CC1CCC(NS(=O)(=O)CCSc2ccccc2N)C1. The van der Waals surface area contributed by atoms with Crippen molar-refractivity contribution in [2.24, 2.45) is 5.92 Å². The van der Waals surface area contributed by atoms with Gasteiger partial charge in [0.2, 0.25) is 10.0 Å². The summed E-state index contributed by atoms with van der Waals surface area (Å²) in [6, 6.07) is 7.65. The van der Waals surface area contributed by atoms with Gasteiger partial charge < -0.3 is 5.73 Å². The molecule has 20 heavy (non-hydrogen) atoms. The number of nitrogens with two attached hydrogens (primary N) is 1. The molecule has 2 atom stereocenters. The topological polar surface area (TPSA) is 72.2 Å². The predicted molar refractivity (Wildman–Crippen MR) is 85.3 cm³/mol. The van der Waals surface area contributed by atoms with Gasteiger partial charge in [-0.1, -0.05) is 19.1 Å². The van der Waals surface area contributed by atoms with Gasteiger partial charge in [0.1, 0.15) is 0 Å². The molecule has 1 aliphatic rings. The van der Waals surface area contributed by atoms with Gasteiger partial charge in [-0.05, 0) is 37.3 Å². The lowest BCUT2D eigenvalue weighted by atomic mass is 10.1. The van der Waals surface area contributed by atoms with E-state index < -0.39 is 10.0 Å². The average Bonchev–Trinajstić information content (AvgIpc) is 2.76. The molecule has 112 valence electrons. The third kappa shape index (κ3) is 4.68. The Morgan fingerprint density at radius 3 is 2.75 bits per heavy atom. The molecular weight excluding hydrogens is 292 g/mol. The maximum absolute atomic E-state index is 12.0. The number of thioether (sulfide) groups is 1. The van der Waals surface area contributed by atoms with E-state index >= 15 is 0 Å². The number of sulfonamides is 1. The fraction of sp³-hybridized carbons (Fsp3) is 0.571. The Kier molecular flexibility index (Phi) is 5.35. The highest BCUT2D eigenvalue weighted by Gasteiger charge is 2.25. The standard InChI is InChI=1S/C14H22N2O2S2/c1-11-6-7-12(10-11)16-20(17,18)9-8-19-14-5-3-2-4-13(14)15/h2-5,11-12,16H,6-10,15H2,1H3. The minimum absolute atomic E-state index is 0.127. The molecular formula is C14H22N2O2S2. The van der Waals surface area contributed by atoms with Crippen molar-refractivity contribution in [3.05, 3.63) is 24.3 Å². The summed E-state index contributed by atoms with van der Waals surface area (Å²) >= 11 is 1.49. The molecule has 0 aromatic heterocycles. The Morgan fingerprint density at radius 1 is 1.35 bits per heavy atom. The number of benzene rings is 1. The molecule has 1 aromatic rings. The number of anilines is 1. The summed E-state index contributed by atoms with van der Waals surface area (Å²) in [5.74, 6) is 1.28. The molecule has 0 amide bonds. The largest absolute Gasteiger partial charge is 0.398 e. The van der Waals surface area contributed by atoms with Crippen molar-refractivity contribution in [3.63, 3.8) is 0 Å². The van der Waals surface area contributed by atoms with Crippen molar-refractivity contribution >= 4 is 27.5 Å². The smallest absolute Gasteiger partial charge is 0.212 e. The van der Waals surface area contributed by atoms with E-state index in [1.165, 1.54) is 11.8 Å². The molecule has 1 saturated carbocycles. The van der Waals surface area contributed by atoms with Crippen LogP contribution in [0, 0.1) is 5.92 Å². The van der Waals surface area contributed by atoms with Crippen LogP contribution in [-0.4, -0.2) is 26.0 Å². The van der Waals surface area contributed by atoms with Crippen molar-refractivity contribution in [1.82, 2.24) is 4.72 Å². The summed E-state index contributed by atoms with van der Waals surface area (Å²) in [5, 5.41) is 0. The predicted octanol–water partition coefficient (Wildman–Crippen LogP) is 2.47. The Hall–Kier alpha value is -0.720. The normalized spacial score (nSPS) is 23.1. The summed E-state index contributed by atoms with van der Waals surface area (Å²) in [6.45, 7) is 2.17. The Bertz CT molecular complexity index is 546. The van der Waals surface area contributed by atoms with E-state index in [1.54, 1.807) is 0 Å². The second-order valence-corrected chi connectivity index (χ2v) is 8.45. The van der Waals surface area contributed by atoms with E-state index in [4.69, 9.17) is 5.73 Å². The highest BCUT2D eigenvalue weighted by Crippen LogP contribution is 2.26. The van der Waals surface area contributed by atoms with Gasteiger partial charge in [0, 0.05) is 22.4 Å². The monoisotopic (exact) mass is 314 g/mol. The van der Waals surface area contributed by atoms with E-state index in [0.717, 1.165) is 24.2 Å². The Balaban J connectivity index is 1.79. The van der Waals surface area contributed by atoms with Gasteiger partial charge >= 0.3 is 0 Å². The molecule has 1 fully saturated rings. The van der Waals surface area contributed by atoms with Crippen LogP contribution in [0.3, 0.4) is 0 Å². The highest BCUT2D eigenvalue weighted by atomic mass is 32.2. The molecule has 0 saturated heterocycles. The molecule has 0 radical (unpaired) electrons. The lowest BCUT2D eigenvalue weighted by Gasteiger charge is -2.13. The maximum atomic E-state index is 12.0. The van der Waals surface area contributed by atoms with Gasteiger partial charge in [0.15, 0.2) is 0 Å². The average molecular weight is 314 g/mol. The Labute approximate surface area is 125 Å². The molecule has 6 heteroatoms.